The molecule has 0 atom stereocenters. The van der Waals surface area contributed by atoms with Crippen LogP contribution in [0.2, 0.25) is 0 Å². The van der Waals surface area contributed by atoms with E-state index in [9.17, 15) is 0 Å². The summed E-state index contributed by atoms with van der Waals surface area (Å²) in [6, 6.07) is 1.76. The summed E-state index contributed by atoms with van der Waals surface area (Å²) in [4.78, 5) is 7.71. The number of nitrogens with one attached hydrogen (secondary N) is 1. The van der Waals surface area contributed by atoms with Gasteiger partial charge in [0.05, 0.1) is 6.61 Å². The van der Waals surface area contributed by atoms with E-state index < -0.39 is 0 Å². The molecule has 0 aromatic carbocycles. The molecule has 0 aliphatic carbocycles. The molecule has 0 fully saturated rings. The van der Waals surface area contributed by atoms with Crippen LogP contribution in [-0.4, -0.2) is 30.2 Å². The molecule has 1 rings (SSSR count). The van der Waals surface area contributed by atoms with E-state index in [2.05, 4.69) is 15.3 Å². The van der Waals surface area contributed by atoms with Gasteiger partial charge in [-0.15, -0.1) is 0 Å². The van der Waals surface area contributed by atoms with Gasteiger partial charge in [-0.05, 0) is 6.07 Å². The number of ether oxygens (including phenoxy) is 1. The molecule has 0 unspecified atom stereocenters. The summed E-state index contributed by atoms with van der Waals surface area (Å²) >= 11 is 0. The fraction of sp³-hybridized carbons (Fsp3) is 0.429. The SMILES string of the molecule is COCCNc1ccnc(N)n1.[HH].[HH]. The first kappa shape index (κ1) is 8.73. The van der Waals surface area contributed by atoms with E-state index in [0.29, 0.717) is 13.2 Å². The molecule has 12 heavy (non-hydrogen) atoms. The van der Waals surface area contributed by atoms with Crippen molar-refractivity contribution in [2.75, 3.05) is 31.3 Å². The fourth-order valence-corrected chi connectivity index (χ4v) is 0.753. The molecule has 0 bridgehead atoms. The van der Waals surface area contributed by atoms with Crippen LogP contribution in [0.4, 0.5) is 11.8 Å². The summed E-state index contributed by atoms with van der Waals surface area (Å²) < 4.78 is 4.86. The van der Waals surface area contributed by atoms with Gasteiger partial charge in [-0.3, -0.25) is 0 Å². The summed E-state index contributed by atoms with van der Waals surface area (Å²) in [6.07, 6.45) is 1.61. The minimum absolute atomic E-state index is 0. The van der Waals surface area contributed by atoms with E-state index in [0.717, 1.165) is 5.82 Å². The van der Waals surface area contributed by atoms with E-state index in [4.69, 9.17) is 10.5 Å². The van der Waals surface area contributed by atoms with Gasteiger partial charge in [0.25, 0.3) is 0 Å². The quantitative estimate of drug-likeness (QED) is 0.651. The summed E-state index contributed by atoms with van der Waals surface area (Å²) in [5, 5.41) is 3.03. The van der Waals surface area contributed by atoms with Crippen molar-refractivity contribution in [3.63, 3.8) is 0 Å². The van der Waals surface area contributed by atoms with E-state index in [1.807, 2.05) is 0 Å². The number of hydrogen-bond acceptors (Lipinski definition) is 5. The number of anilines is 2. The molecule has 0 saturated carbocycles. The van der Waals surface area contributed by atoms with E-state index in [1.165, 1.54) is 0 Å². The maximum absolute atomic E-state index is 5.37. The number of nitrogens with zero attached hydrogens (tertiary/aromatic N) is 2. The van der Waals surface area contributed by atoms with Gasteiger partial charge in [-0.1, -0.05) is 0 Å². The Labute approximate surface area is 73.9 Å². The van der Waals surface area contributed by atoms with Crippen LogP contribution in [0.15, 0.2) is 12.3 Å². The van der Waals surface area contributed by atoms with Crippen LogP contribution in [-0.2, 0) is 4.74 Å². The lowest BCUT2D eigenvalue weighted by atomic mass is 10.5. The molecule has 0 saturated heterocycles. The molecule has 70 valence electrons. The molecule has 1 aromatic rings. The number of nitrogen functional groups attached to an aromatic ring is 1. The average Bonchev–Trinajstić information content (AvgIpc) is 2.05. The zero-order valence-corrected chi connectivity index (χ0v) is 6.95. The van der Waals surface area contributed by atoms with Gasteiger partial charge in [-0.25, -0.2) is 4.98 Å². The maximum atomic E-state index is 5.37. The van der Waals surface area contributed by atoms with Gasteiger partial charge < -0.3 is 15.8 Å². The standard InChI is InChI=1S/C7H12N4O.2H2/c1-12-5-4-9-6-2-3-10-7(8)11-6;;/h2-3H,4-5H2,1H3,(H3,8,9,10,11);2*1H. The Kier molecular flexibility index (Phi) is 3.28. The Balaban J connectivity index is 0. The summed E-state index contributed by atoms with van der Waals surface area (Å²) in [5.74, 6) is 0.997. The van der Waals surface area contributed by atoms with Crippen molar-refractivity contribution >= 4 is 11.8 Å². The van der Waals surface area contributed by atoms with Gasteiger partial charge >= 0.3 is 0 Å². The van der Waals surface area contributed by atoms with Gasteiger partial charge in [0.2, 0.25) is 5.95 Å². The molecule has 5 heteroatoms. The second-order valence-corrected chi connectivity index (χ2v) is 2.22. The van der Waals surface area contributed by atoms with Crippen LogP contribution in [0.3, 0.4) is 0 Å². The monoisotopic (exact) mass is 172 g/mol. The Bertz CT molecular complexity index is 249. The van der Waals surface area contributed by atoms with Crippen molar-refractivity contribution < 1.29 is 7.59 Å². The molecule has 0 aliphatic rings. The van der Waals surface area contributed by atoms with Crippen molar-refractivity contribution in [2.45, 2.75) is 0 Å². The van der Waals surface area contributed by atoms with Crippen LogP contribution in [0.5, 0.6) is 0 Å². The predicted octanol–water partition coefficient (Wildman–Crippen LogP) is 0.609. The Hall–Kier alpha value is -1.36. The van der Waals surface area contributed by atoms with Crippen LogP contribution in [0.25, 0.3) is 0 Å². The third-order valence-electron chi connectivity index (χ3n) is 1.29. The highest BCUT2D eigenvalue weighted by molar-refractivity contribution is 5.36. The first-order valence-corrected chi connectivity index (χ1v) is 3.64. The predicted molar refractivity (Wildman–Crippen MR) is 51.0 cm³/mol. The number of nitrogens with two attached hydrogens (primary N) is 1. The van der Waals surface area contributed by atoms with Crippen LogP contribution >= 0.6 is 0 Å². The molecule has 1 heterocycles. The van der Waals surface area contributed by atoms with Crippen LogP contribution < -0.4 is 11.1 Å². The lowest BCUT2D eigenvalue weighted by molar-refractivity contribution is 0.210. The van der Waals surface area contributed by atoms with E-state index >= 15 is 0 Å². The second-order valence-electron chi connectivity index (χ2n) is 2.22. The lowest BCUT2D eigenvalue weighted by Gasteiger charge is -2.03. The number of hydrogen-bond donors (Lipinski definition) is 2. The van der Waals surface area contributed by atoms with Gasteiger partial charge in [0.1, 0.15) is 5.82 Å². The zero-order valence-electron chi connectivity index (χ0n) is 6.95. The normalized spacial score (nSPS) is 9.75. The molecular formula is C7H16N4O. The van der Waals surface area contributed by atoms with Gasteiger partial charge in [0, 0.05) is 22.7 Å². The van der Waals surface area contributed by atoms with E-state index in [-0.39, 0.29) is 8.80 Å². The number of aromatic nitrogens is 2. The van der Waals surface area contributed by atoms with Gasteiger partial charge in [0.15, 0.2) is 0 Å². The zero-order chi connectivity index (χ0) is 8.81. The molecule has 0 radical (unpaired) electrons. The minimum atomic E-state index is 0. The summed E-state index contributed by atoms with van der Waals surface area (Å²) in [6.45, 7) is 1.36. The highest BCUT2D eigenvalue weighted by atomic mass is 16.5. The highest BCUT2D eigenvalue weighted by Gasteiger charge is 1.92. The summed E-state index contributed by atoms with van der Waals surface area (Å²) in [5.41, 5.74) is 5.37. The molecule has 0 amide bonds. The third kappa shape index (κ3) is 2.71. The third-order valence-corrected chi connectivity index (χ3v) is 1.29. The number of rotatable bonds is 4. The molecule has 5 nitrogen and oxygen atoms in total. The molecule has 0 spiro atoms. The molecule has 1 aromatic heterocycles. The van der Waals surface area contributed by atoms with Crippen molar-refractivity contribution in [1.82, 2.24) is 9.97 Å². The first-order valence-electron chi connectivity index (χ1n) is 3.64. The fourth-order valence-electron chi connectivity index (χ4n) is 0.753. The largest absolute Gasteiger partial charge is 0.383 e. The molecule has 0 aliphatic heterocycles. The smallest absolute Gasteiger partial charge is 0.221 e. The maximum Gasteiger partial charge on any atom is 0.221 e. The molecule has 3 N–H and O–H groups in total. The van der Waals surface area contributed by atoms with Gasteiger partial charge in [-0.2, -0.15) is 4.98 Å². The topological polar surface area (TPSA) is 73.1 Å². The Morgan fingerprint density at radius 2 is 2.58 bits per heavy atom. The van der Waals surface area contributed by atoms with E-state index in [1.54, 1.807) is 19.4 Å². The van der Waals surface area contributed by atoms with Crippen LogP contribution in [0, 0.1) is 0 Å². The van der Waals surface area contributed by atoms with Crippen molar-refractivity contribution in [2.24, 2.45) is 0 Å². The second kappa shape index (κ2) is 4.50. The van der Waals surface area contributed by atoms with Crippen molar-refractivity contribution in [3.05, 3.63) is 12.3 Å². The Morgan fingerprint density at radius 3 is 3.25 bits per heavy atom. The Morgan fingerprint density at radius 1 is 1.75 bits per heavy atom. The van der Waals surface area contributed by atoms with Crippen molar-refractivity contribution in [1.29, 1.82) is 0 Å². The lowest BCUT2D eigenvalue weighted by Crippen LogP contribution is -2.09. The highest BCUT2D eigenvalue weighted by Crippen LogP contribution is 2.01. The minimum Gasteiger partial charge on any atom is -0.383 e. The summed E-state index contributed by atoms with van der Waals surface area (Å²) in [7, 11) is 1.65. The molecular weight excluding hydrogens is 156 g/mol. The average molecular weight is 172 g/mol. The number of methoxy groups -OCH3 is 1. The first-order chi connectivity index (χ1) is 5.83. The van der Waals surface area contributed by atoms with Crippen molar-refractivity contribution in [3.8, 4) is 0 Å². The van der Waals surface area contributed by atoms with Crippen LogP contribution in [0.1, 0.15) is 2.85 Å².